The highest BCUT2D eigenvalue weighted by Gasteiger charge is 2.02. The van der Waals surface area contributed by atoms with Crippen LogP contribution in [-0.4, -0.2) is 17.0 Å². The van der Waals surface area contributed by atoms with Gasteiger partial charge in [0.2, 0.25) is 0 Å². The summed E-state index contributed by atoms with van der Waals surface area (Å²) in [6.45, 7) is 0. The average molecular weight is 261 g/mol. The minimum Gasteiger partial charge on any atom is -0.373 e. The van der Waals surface area contributed by atoms with E-state index >= 15 is 0 Å². The van der Waals surface area contributed by atoms with Crippen LogP contribution in [0.5, 0.6) is 0 Å². The van der Waals surface area contributed by atoms with Gasteiger partial charge in [-0.1, -0.05) is 18.2 Å². The van der Waals surface area contributed by atoms with Crippen LogP contribution in [-0.2, 0) is 0 Å². The molecule has 3 rings (SSSR count). The molecule has 3 heteroatoms. The van der Waals surface area contributed by atoms with Crippen LogP contribution >= 0.6 is 0 Å². The lowest BCUT2D eigenvalue weighted by atomic mass is 10.0. The Morgan fingerprint density at radius 1 is 0.750 bits per heavy atom. The molecule has 0 aliphatic rings. The number of benzene rings is 1. The fourth-order valence-electron chi connectivity index (χ4n) is 2.17. The Morgan fingerprint density at radius 2 is 1.40 bits per heavy atom. The van der Waals surface area contributed by atoms with E-state index in [4.69, 9.17) is 0 Å². The Hall–Kier alpha value is -2.68. The molecule has 2 aromatic heterocycles. The fraction of sp³-hybridized carbons (Fsp3) is 0.0588. The van der Waals surface area contributed by atoms with Gasteiger partial charge in [0, 0.05) is 25.6 Å². The molecule has 0 spiro atoms. The van der Waals surface area contributed by atoms with Gasteiger partial charge >= 0.3 is 0 Å². The predicted octanol–water partition coefficient (Wildman–Crippen LogP) is 3.85. The van der Waals surface area contributed by atoms with Gasteiger partial charge in [-0.15, -0.1) is 0 Å². The lowest BCUT2D eigenvalue weighted by molar-refractivity contribution is 1.29. The SMILES string of the molecule is CNc1cc(-c2cccc(-c3ccncc3)c2)ccn1. The van der Waals surface area contributed by atoms with E-state index in [1.54, 1.807) is 0 Å². The molecular weight excluding hydrogens is 246 g/mol. The standard InChI is InChI=1S/C17H15N3/c1-18-17-12-16(7-10-20-17)15-4-2-3-14(11-15)13-5-8-19-9-6-13/h2-12H,1H3,(H,18,20). The minimum absolute atomic E-state index is 0.872. The van der Waals surface area contributed by atoms with Gasteiger partial charge in [-0.25, -0.2) is 4.98 Å². The van der Waals surface area contributed by atoms with Gasteiger partial charge in [0.1, 0.15) is 5.82 Å². The zero-order chi connectivity index (χ0) is 13.8. The molecule has 0 atom stereocenters. The third-order valence-electron chi connectivity index (χ3n) is 3.23. The van der Waals surface area contributed by atoms with Crippen LogP contribution in [0.2, 0.25) is 0 Å². The molecule has 1 aromatic carbocycles. The second kappa shape index (κ2) is 5.53. The first-order valence-corrected chi connectivity index (χ1v) is 6.51. The number of pyridine rings is 2. The highest BCUT2D eigenvalue weighted by Crippen LogP contribution is 2.26. The third-order valence-corrected chi connectivity index (χ3v) is 3.23. The molecular formula is C17H15N3. The minimum atomic E-state index is 0.872. The number of hydrogen-bond acceptors (Lipinski definition) is 3. The fourth-order valence-corrected chi connectivity index (χ4v) is 2.17. The van der Waals surface area contributed by atoms with Crippen molar-refractivity contribution < 1.29 is 0 Å². The van der Waals surface area contributed by atoms with Crippen LogP contribution in [0.4, 0.5) is 5.82 Å². The summed E-state index contributed by atoms with van der Waals surface area (Å²) in [5, 5.41) is 3.06. The number of aromatic nitrogens is 2. The molecule has 2 heterocycles. The maximum Gasteiger partial charge on any atom is 0.126 e. The number of nitrogens with one attached hydrogen (secondary N) is 1. The molecule has 3 aromatic rings. The average Bonchev–Trinajstić information content (AvgIpc) is 2.56. The second-order valence-electron chi connectivity index (χ2n) is 4.50. The van der Waals surface area contributed by atoms with Gasteiger partial charge in [0.25, 0.3) is 0 Å². The summed E-state index contributed by atoms with van der Waals surface area (Å²) in [6, 6.07) is 16.6. The number of rotatable bonds is 3. The molecule has 0 radical (unpaired) electrons. The summed E-state index contributed by atoms with van der Waals surface area (Å²) in [5.74, 6) is 0.872. The van der Waals surface area contributed by atoms with Gasteiger partial charge in [-0.05, 0) is 52.6 Å². The molecule has 0 aliphatic heterocycles. The third kappa shape index (κ3) is 2.52. The van der Waals surface area contributed by atoms with Gasteiger partial charge in [-0.3, -0.25) is 4.98 Å². The summed E-state index contributed by atoms with van der Waals surface area (Å²) in [7, 11) is 1.87. The van der Waals surface area contributed by atoms with Crippen molar-refractivity contribution in [2.24, 2.45) is 0 Å². The molecule has 20 heavy (non-hydrogen) atoms. The van der Waals surface area contributed by atoms with E-state index in [0.717, 1.165) is 11.4 Å². The van der Waals surface area contributed by atoms with Crippen molar-refractivity contribution in [1.82, 2.24) is 9.97 Å². The summed E-state index contributed by atoms with van der Waals surface area (Å²) in [4.78, 5) is 8.30. The van der Waals surface area contributed by atoms with E-state index in [9.17, 15) is 0 Å². The van der Waals surface area contributed by atoms with Gasteiger partial charge in [0.05, 0.1) is 0 Å². The molecule has 98 valence electrons. The summed E-state index contributed by atoms with van der Waals surface area (Å²) < 4.78 is 0. The lowest BCUT2D eigenvalue weighted by Crippen LogP contribution is -1.91. The topological polar surface area (TPSA) is 37.8 Å². The maximum atomic E-state index is 4.24. The van der Waals surface area contributed by atoms with Crippen molar-refractivity contribution in [1.29, 1.82) is 0 Å². The van der Waals surface area contributed by atoms with E-state index in [2.05, 4.69) is 39.6 Å². The number of nitrogens with zero attached hydrogens (tertiary/aromatic N) is 2. The smallest absolute Gasteiger partial charge is 0.126 e. The first-order valence-electron chi connectivity index (χ1n) is 6.51. The van der Waals surface area contributed by atoms with E-state index in [1.807, 2.05) is 49.9 Å². The van der Waals surface area contributed by atoms with Gasteiger partial charge in [-0.2, -0.15) is 0 Å². The zero-order valence-electron chi connectivity index (χ0n) is 11.2. The van der Waals surface area contributed by atoms with Crippen molar-refractivity contribution in [3.8, 4) is 22.3 Å². The number of anilines is 1. The van der Waals surface area contributed by atoms with Gasteiger partial charge < -0.3 is 5.32 Å². The van der Waals surface area contributed by atoms with Crippen LogP contribution in [0.25, 0.3) is 22.3 Å². The van der Waals surface area contributed by atoms with Crippen LogP contribution in [0.15, 0.2) is 67.1 Å². The zero-order valence-corrected chi connectivity index (χ0v) is 11.2. The Balaban J connectivity index is 2.03. The molecule has 0 bridgehead atoms. The van der Waals surface area contributed by atoms with Gasteiger partial charge in [0.15, 0.2) is 0 Å². The molecule has 3 nitrogen and oxygen atoms in total. The van der Waals surface area contributed by atoms with Crippen LogP contribution in [0, 0.1) is 0 Å². The summed E-state index contributed by atoms with van der Waals surface area (Å²) in [6.07, 6.45) is 5.45. The van der Waals surface area contributed by atoms with Crippen molar-refractivity contribution in [3.05, 3.63) is 67.1 Å². The first-order chi connectivity index (χ1) is 9.86. The van der Waals surface area contributed by atoms with Crippen LogP contribution < -0.4 is 5.32 Å². The Kier molecular flexibility index (Phi) is 3.42. The van der Waals surface area contributed by atoms with Crippen molar-refractivity contribution in [2.45, 2.75) is 0 Å². The molecule has 0 unspecified atom stereocenters. The molecule has 0 fully saturated rings. The lowest BCUT2D eigenvalue weighted by Gasteiger charge is -2.07. The highest BCUT2D eigenvalue weighted by molar-refractivity contribution is 5.73. The van der Waals surface area contributed by atoms with E-state index in [0.29, 0.717) is 0 Å². The Morgan fingerprint density at radius 3 is 2.15 bits per heavy atom. The largest absolute Gasteiger partial charge is 0.373 e. The normalized spacial score (nSPS) is 10.2. The molecule has 0 saturated heterocycles. The van der Waals surface area contributed by atoms with E-state index in [-0.39, 0.29) is 0 Å². The molecule has 0 amide bonds. The number of hydrogen-bond donors (Lipinski definition) is 1. The van der Waals surface area contributed by atoms with E-state index in [1.165, 1.54) is 16.7 Å². The predicted molar refractivity (Wildman–Crippen MR) is 82.5 cm³/mol. The second-order valence-corrected chi connectivity index (χ2v) is 4.50. The molecule has 0 saturated carbocycles. The highest BCUT2D eigenvalue weighted by atomic mass is 14.9. The monoisotopic (exact) mass is 261 g/mol. The van der Waals surface area contributed by atoms with Crippen LogP contribution in [0.1, 0.15) is 0 Å². The van der Waals surface area contributed by atoms with Crippen molar-refractivity contribution in [2.75, 3.05) is 12.4 Å². The van der Waals surface area contributed by atoms with Crippen molar-refractivity contribution >= 4 is 5.82 Å². The Labute approximate surface area is 118 Å². The quantitative estimate of drug-likeness (QED) is 0.778. The first kappa shape index (κ1) is 12.4. The molecule has 0 aliphatic carbocycles. The maximum absolute atomic E-state index is 4.24. The summed E-state index contributed by atoms with van der Waals surface area (Å²) in [5.41, 5.74) is 4.69. The van der Waals surface area contributed by atoms with E-state index < -0.39 is 0 Å². The van der Waals surface area contributed by atoms with Crippen molar-refractivity contribution in [3.63, 3.8) is 0 Å². The summed E-state index contributed by atoms with van der Waals surface area (Å²) >= 11 is 0. The van der Waals surface area contributed by atoms with Crippen LogP contribution in [0.3, 0.4) is 0 Å². The Bertz CT molecular complexity index is 708. The molecule has 1 N–H and O–H groups in total.